The lowest BCUT2D eigenvalue weighted by Gasteiger charge is -2.09. The second-order valence-corrected chi connectivity index (χ2v) is 10.7. The van der Waals surface area contributed by atoms with Crippen LogP contribution in [0.5, 0.6) is 0 Å². The maximum absolute atomic E-state index is 13.3. The van der Waals surface area contributed by atoms with Crippen molar-refractivity contribution in [3.63, 3.8) is 0 Å². The van der Waals surface area contributed by atoms with Crippen molar-refractivity contribution in [1.82, 2.24) is 4.98 Å². The second kappa shape index (κ2) is 7.77. The summed E-state index contributed by atoms with van der Waals surface area (Å²) in [5.41, 5.74) is 2.79. The van der Waals surface area contributed by atoms with Crippen LogP contribution in [0.4, 0.5) is 0 Å². The van der Waals surface area contributed by atoms with Crippen LogP contribution in [0.3, 0.4) is 0 Å². The van der Waals surface area contributed by atoms with Crippen molar-refractivity contribution >= 4 is 53.3 Å². The van der Waals surface area contributed by atoms with Gasteiger partial charge in [0, 0.05) is 16.3 Å². The van der Waals surface area contributed by atoms with E-state index in [0.717, 1.165) is 43.5 Å². The molecule has 0 aliphatic heterocycles. The molecule has 172 valence electrons. The third kappa shape index (κ3) is 3.06. The summed E-state index contributed by atoms with van der Waals surface area (Å²) in [4.78, 5) is 4.85. The van der Waals surface area contributed by atoms with Gasteiger partial charge in [0.2, 0.25) is 9.84 Å². The number of furan rings is 1. The van der Waals surface area contributed by atoms with Gasteiger partial charge >= 0.3 is 0 Å². The molecule has 0 spiro atoms. The standard InChI is InChI=1S/C31H19NO3S/c33-36(34,22-11-2-1-3-12-22)28-16-8-15-26(32-28)25-19-21-10-5-7-14-24(21)30-29-23-13-6-4-9-20(23)17-18-27(29)35-31(25)30/h1-19H. The summed E-state index contributed by atoms with van der Waals surface area (Å²) in [5.74, 6) is 0. The first kappa shape index (κ1) is 20.9. The number of rotatable bonds is 3. The van der Waals surface area contributed by atoms with Crippen molar-refractivity contribution in [2.24, 2.45) is 0 Å². The van der Waals surface area contributed by atoms with Gasteiger partial charge in [0.25, 0.3) is 0 Å². The number of hydrogen-bond acceptors (Lipinski definition) is 4. The van der Waals surface area contributed by atoms with Crippen molar-refractivity contribution in [1.29, 1.82) is 0 Å². The lowest BCUT2D eigenvalue weighted by atomic mass is 9.96. The molecule has 0 radical (unpaired) electrons. The fourth-order valence-corrected chi connectivity index (χ4v) is 6.25. The lowest BCUT2D eigenvalue weighted by molar-refractivity contribution is 0.592. The van der Waals surface area contributed by atoms with E-state index in [9.17, 15) is 8.42 Å². The molecule has 0 saturated heterocycles. The van der Waals surface area contributed by atoms with Gasteiger partial charge in [-0.2, -0.15) is 0 Å². The summed E-state index contributed by atoms with van der Waals surface area (Å²) in [7, 11) is -3.76. The third-order valence-corrected chi connectivity index (χ3v) is 8.35. The maximum Gasteiger partial charge on any atom is 0.223 e. The van der Waals surface area contributed by atoms with Crippen LogP contribution in [-0.2, 0) is 9.84 Å². The normalized spacial score (nSPS) is 12.1. The van der Waals surface area contributed by atoms with E-state index in [0.29, 0.717) is 11.3 Å². The molecule has 5 aromatic carbocycles. The Morgan fingerprint density at radius 2 is 1.31 bits per heavy atom. The van der Waals surface area contributed by atoms with E-state index in [1.807, 2.05) is 42.5 Å². The molecule has 0 bridgehead atoms. The summed E-state index contributed by atoms with van der Waals surface area (Å²) in [6.45, 7) is 0. The van der Waals surface area contributed by atoms with Gasteiger partial charge in [-0.15, -0.1) is 0 Å². The number of nitrogens with zero attached hydrogens (tertiary/aromatic N) is 1. The van der Waals surface area contributed by atoms with Crippen LogP contribution in [-0.4, -0.2) is 13.4 Å². The first-order valence-corrected chi connectivity index (χ1v) is 13.1. The predicted molar refractivity (Wildman–Crippen MR) is 144 cm³/mol. The van der Waals surface area contributed by atoms with Gasteiger partial charge in [-0.1, -0.05) is 78.9 Å². The third-order valence-electron chi connectivity index (χ3n) is 6.68. The first-order valence-electron chi connectivity index (χ1n) is 11.6. The van der Waals surface area contributed by atoms with Gasteiger partial charge in [0.15, 0.2) is 5.03 Å². The van der Waals surface area contributed by atoms with E-state index in [1.54, 1.807) is 36.4 Å². The number of aromatic nitrogens is 1. The summed E-state index contributed by atoms with van der Waals surface area (Å²) in [5, 5.41) is 6.44. The van der Waals surface area contributed by atoms with Gasteiger partial charge in [0.05, 0.1) is 10.6 Å². The molecular formula is C31H19NO3S. The Kier molecular flexibility index (Phi) is 4.50. The molecule has 0 amide bonds. The Bertz CT molecular complexity index is 2060. The summed E-state index contributed by atoms with van der Waals surface area (Å²) >= 11 is 0. The monoisotopic (exact) mass is 485 g/mol. The number of sulfone groups is 1. The van der Waals surface area contributed by atoms with Crippen molar-refractivity contribution in [2.45, 2.75) is 9.92 Å². The highest BCUT2D eigenvalue weighted by Gasteiger charge is 2.22. The van der Waals surface area contributed by atoms with Crippen molar-refractivity contribution < 1.29 is 12.8 Å². The minimum atomic E-state index is -3.76. The van der Waals surface area contributed by atoms with Gasteiger partial charge in [-0.25, -0.2) is 13.4 Å². The summed E-state index contributed by atoms with van der Waals surface area (Å²) < 4.78 is 33.1. The van der Waals surface area contributed by atoms with E-state index in [2.05, 4.69) is 35.3 Å². The van der Waals surface area contributed by atoms with Crippen LogP contribution in [0.1, 0.15) is 0 Å². The van der Waals surface area contributed by atoms with Crippen LogP contribution in [0.2, 0.25) is 0 Å². The molecule has 0 aliphatic carbocycles. The maximum atomic E-state index is 13.3. The zero-order chi connectivity index (χ0) is 24.3. The van der Waals surface area contributed by atoms with Crippen LogP contribution in [0.15, 0.2) is 130 Å². The van der Waals surface area contributed by atoms with Crippen molar-refractivity contribution in [3.8, 4) is 11.3 Å². The highest BCUT2D eigenvalue weighted by molar-refractivity contribution is 7.91. The number of hydrogen-bond donors (Lipinski definition) is 0. The van der Waals surface area contributed by atoms with E-state index in [1.165, 1.54) is 6.07 Å². The van der Waals surface area contributed by atoms with Crippen molar-refractivity contribution in [3.05, 3.63) is 115 Å². The minimum absolute atomic E-state index is 0.00840. The fourth-order valence-electron chi connectivity index (χ4n) is 5.01. The molecule has 7 aromatic rings. The lowest BCUT2D eigenvalue weighted by Crippen LogP contribution is -2.04. The van der Waals surface area contributed by atoms with Crippen LogP contribution < -0.4 is 0 Å². The highest BCUT2D eigenvalue weighted by atomic mass is 32.2. The van der Waals surface area contributed by atoms with Gasteiger partial charge in [-0.3, -0.25) is 0 Å². The second-order valence-electron chi connectivity index (χ2n) is 8.79. The Morgan fingerprint density at radius 3 is 2.11 bits per heavy atom. The molecule has 0 atom stereocenters. The average molecular weight is 486 g/mol. The minimum Gasteiger partial charge on any atom is -0.455 e. The zero-order valence-corrected chi connectivity index (χ0v) is 19.9. The molecule has 0 saturated carbocycles. The largest absolute Gasteiger partial charge is 0.455 e. The van der Waals surface area contributed by atoms with E-state index in [4.69, 9.17) is 4.42 Å². The van der Waals surface area contributed by atoms with Crippen LogP contribution in [0.25, 0.3) is 54.7 Å². The zero-order valence-electron chi connectivity index (χ0n) is 19.0. The van der Waals surface area contributed by atoms with Gasteiger partial charge < -0.3 is 4.42 Å². The molecule has 0 N–H and O–H groups in total. The predicted octanol–water partition coefficient (Wildman–Crippen LogP) is 7.79. The Morgan fingerprint density at radius 1 is 0.611 bits per heavy atom. The van der Waals surface area contributed by atoms with E-state index >= 15 is 0 Å². The average Bonchev–Trinajstić information content (AvgIpc) is 3.34. The van der Waals surface area contributed by atoms with Crippen molar-refractivity contribution in [2.75, 3.05) is 0 Å². The summed E-state index contributed by atoms with van der Waals surface area (Å²) in [6, 6.07) is 36.0. The Labute approximate surface area is 207 Å². The molecule has 4 nitrogen and oxygen atoms in total. The number of fused-ring (bicyclic) bond motifs is 7. The van der Waals surface area contributed by atoms with Gasteiger partial charge in [-0.05, 0) is 57.9 Å². The molecular weight excluding hydrogens is 466 g/mol. The topological polar surface area (TPSA) is 60.2 Å². The van der Waals surface area contributed by atoms with E-state index < -0.39 is 9.84 Å². The molecule has 0 unspecified atom stereocenters. The molecule has 0 aliphatic rings. The number of pyridine rings is 1. The summed E-state index contributed by atoms with van der Waals surface area (Å²) in [6.07, 6.45) is 0. The smallest absolute Gasteiger partial charge is 0.223 e. The SMILES string of the molecule is O=S(=O)(c1ccccc1)c1cccc(-c2cc3ccccc3c3c2oc2ccc4ccccc4c23)n1. The fraction of sp³-hybridized carbons (Fsp3) is 0. The molecule has 5 heteroatoms. The molecule has 0 fully saturated rings. The van der Waals surface area contributed by atoms with E-state index in [-0.39, 0.29) is 9.92 Å². The van der Waals surface area contributed by atoms with Crippen LogP contribution in [0, 0.1) is 0 Å². The molecule has 7 rings (SSSR count). The van der Waals surface area contributed by atoms with Gasteiger partial charge in [0.1, 0.15) is 11.2 Å². The molecule has 2 aromatic heterocycles. The van der Waals surface area contributed by atoms with Crippen LogP contribution >= 0.6 is 0 Å². The molecule has 36 heavy (non-hydrogen) atoms. The first-order chi connectivity index (χ1) is 17.6. The Balaban J connectivity index is 1.56. The Hall–Kier alpha value is -4.48. The number of benzene rings is 5. The quantitative estimate of drug-likeness (QED) is 0.256. The highest BCUT2D eigenvalue weighted by Crippen LogP contribution is 2.43. The molecule has 2 heterocycles.